The van der Waals surface area contributed by atoms with Crippen molar-refractivity contribution in [3.63, 3.8) is 0 Å². The van der Waals surface area contributed by atoms with Crippen LogP contribution in [0.25, 0.3) is 10.9 Å². The van der Waals surface area contributed by atoms with Crippen molar-refractivity contribution in [1.82, 2.24) is 4.98 Å². The van der Waals surface area contributed by atoms with Gasteiger partial charge in [0.1, 0.15) is 5.75 Å². The molecule has 1 heterocycles. The molecule has 3 aromatic rings. The first-order valence-corrected chi connectivity index (χ1v) is 7.01. The highest BCUT2D eigenvalue weighted by atomic mass is 79.9. The van der Waals surface area contributed by atoms with Crippen LogP contribution in [-0.4, -0.2) is 4.98 Å². The molecule has 0 aliphatic carbocycles. The first-order chi connectivity index (χ1) is 9.65. The van der Waals surface area contributed by atoms with Crippen molar-refractivity contribution in [1.29, 1.82) is 0 Å². The molecule has 0 saturated carbocycles. The fraction of sp³-hybridized carbons (Fsp3) is 0.0625. The van der Waals surface area contributed by atoms with E-state index in [1.165, 1.54) is 5.56 Å². The van der Waals surface area contributed by atoms with Crippen molar-refractivity contribution >= 4 is 32.5 Å². The van der Waals surface area contributed by atoms with Gasteiger partial charge in [-0.3, -0.25) is 4.98 Å². The zero-order chi connectivity index (χ0) is 14.1. The van der Waals surface area contributed by atoms with E-state index in [2.05, 4.69) is 20.9 Å². The van der Waals surface area contributed by atoms with E-state index in [0.717, 1.165) is 21.1 Å². The Morgan fingerprint density at radius 1 is 1.10 bits per heavy atom. The van der Waals surface area contributed by atoms with Gasteiger partial charge in [0, 0.05) is 11.6 Å². The van der Waals surface area contributed by atoms with Crippen LogP contribution in [0.3, 0.4) is 0 Å². The topological polar surface area (TPSA) is 48.1 Å². The Morgan fingerprint density at radius 3 is 2.70 bits per heavy atom. The molecular formula is C16H13BrN2O. The molecule has 0 saturated heterocycles. The molecule has 0 spiro atoms. The number of hydrogen-bond acceptors (Lipinski definition) is 3. The van der Waals surface area contributed by atoms with Gasteiger partial charge in [0.2, 0.25) is 0 Å². The van der Waals surface area contributed by atoms with Crippen LogP contribution in [0.5, 0.6) is 11.5 Å². The van der Waals surface area contributed by atoms with Crippen molar-refractivity contribution in [2.75, 3.05) is 5.73 Å². The molecule has 100 valence electrons. The van der Waals surface area contributed by atoms with Gasteiger partial charge in [-0.05, 0) is 64.8 Å². The number of anilines is 1. The second kappa shape index (κ2) is 5.13. The van der Waals surface area contributed by atoms with Crippen LogP contribution in [0.1, 0.15) is 5.56 Å². The van der Waals surface area contributed by atoms with Gasteiger partial charge in [-0.2, -0.15) is 0 Å². The molecule has 0 atom stereocenters. The summed E-state index contributed by atoms with van der Waals surface area (Å²) in [4.78, 5) is 4.27. The zero-order valence-electron chi connectivity index (χ0n) is 10.9. The summed E-state index contributed by atoms with van der Waals surface area (Å²) in [5.41, 5.74) is 8.79. The predicted octanol–water partition coefficient (Wildman–Crippen LogP) is 4.68. The van der Waals surface area contributed by atoms with Crippen LogP contribution in [0.2, 0.25) is 0 Å². The van der Waals surface area contributed by atoms with Crippen LogP contribution < -0.4 is 10.5 Å². The Kier molecular flexibility index (Phi) is 3.32. The van der Waals surface area contributed by atoms with Crippen molar-refractivity contribution in [3.8, 4) is 11.5 Å². The van der Waals surface area contributed by atoms with Crippen LogP contribution in [0, 0.1) is 6.92 Å². The largest absolute Gasteiger partial charge is 0.454 e. The molecule has 0 unspecified atom stereocenters. The van der Waals surface area contributed by atoms with Crippen LogP contribution in [-0.2, 0) is 0 Å². The SMILES string of the molecule is Cc1ccc(Oc2ccc3ncccc3c2N)c(Br)c1. The zero-order valence-corrected chi connectivity index (χ0v) is 12.5. The summed E-state index contributed by atoms with van der Waals surface area (Å²) in [6.45, 7) is 2.03. The van der Waals surface area contributed by atoms with Gasteiger partial charge in [0.25, 0.3) is 0 Å². The van der Waals surface area contributed by atoms with Gasteiger partial charge in [-0.1, -0.05) is 6.07 Å². The molecule has 3 nitrogen and oxygen atoms in total. The van der Waals surface area contributed by atoms with Crippen molar-refractivity contribution < 1.29 is 4.74 Å². The Balaban J connectivity index is 2.04. The van der Waals surface area contributed by atoms with E-state index in [4.69, 9.17) is 10.5 Å². The maximum absolute atomic E-state index is 6.17. The molecule has 0 aliphatic rings. The lowest BCUT2D eigenvalue weighted by atomic mass is 10.1. The fourth-order valence-electron chi connectivity index (χ4n) is 2.05. The number of nitrogens with zero attached hydrogens (tertiary/aromatic N) is 1. The molecule has 2 N–H and O–H groups in total. The minimum atomic E-state index is 0.600. The summed E-state index contributed by atoms with van der Waals surface area (Å²) in [7, 11) is 0. The van der Waals surface area contributed by atoms with E-state index in [1.54, 1.807) is 6.20 Å². The number of nitrogen functional groups attached to an aromatic ring is 1. The molecule has 0 fully saturated rings. The lowest BCUT2D eigenvalue weighted by Gasteiger charge is -2.12. The second-order valence-electron chi connectivity index (χ2n) is 4.58. The van der Waals surface area contributed by atoms with Gasteiger partial charge in [0.15, 0.2) is 5.75 Å². The van der Waals surface area contributed by atoms with Gasteiger partial charge >= 0.3 is 0 Å². The van der Waals surface area contributed by atoms with E-state index in [1.807, 2.05) is 49.4 Å². The smallest absolute Gasteiger partial charge is 0.151 e. The van der Waals surface area contributed by atoms with E-state index in [0.29, 0.717) is 11.4 Å². The van der Waals surface area contributed by atoms with Crippen molar-refractivity contribution in [2.24, 2.45) is 0 Å². The van der Waals surface area contributed by atoms with E-state index < -0.39 is 0 Å². The van der Waals surface area contributed by atoms with Crippen molar-refractivity contribution in [3.05, 3.63) is 58.7 Å². The number of halogens is 1. The van der Waals surface area contributed by atoms with Crippen molar-refractivity contribution in [2.45, 2.75) is 6.92 Å². The maximum Gasteiger partial charge on any atom is 0.151 e. The van der Waals surface area contributed by atoms with Gasteiger partial charge < -0.3 is 10.5 Å². The number of hydrogen-bond donors (Lipinski definition) is 1. The third-order valence-corrected chi connectivity index (χ3v) is 3.71. The summed E-state index contributed by atoms with van der Waals surface area (Å²) < 4.78 is 6.81. The lowest BCUT2D eigenvalue weighted by molar-refractivity contribution is 0.482. The molecule has 4 heteroatoms. The molecule has 3 rings (SSSR count). The monoisotopic (exact) mass is 328 g/mol. The quantitative estimate of drug-likeness (QED) is 0.695. The molecule has 2 aromatic carbocycles. The average molecular weight is 329 g/mol. The molecule has 0 bridgehead atoms. The number of benzene rings is 2. The van der Waals surface area contributed by atoms with Gasteiger partial charge in [-0.15, -0.1) is 0 Å². The third kappa shape index (κ3) is 2.34. The van der Waals surface area contributed by atoms with Crippen LogP contribution >= 0.6 is 15.9 Å². The number of fused-ring (bicyclic) bond motifs is 1. The van der Waals surface area contributed by atoms with E-state index in [9.17, 15) is 0 Å². The average Bonchev–Trinajstić information content (AvgIpc) is 2.45. The molecule has 0 amide bonds. The highest BCUT2D eigenvalue weighted by molar-refractivity contribution is 9.10. The first-order valence-electron chi connectivity index (χ1n) is 6.22. The first kappa shape index (κ1) is 12.9. The maximum atomic E-state index is 6.17. The highest BCUT2D eigenvalue weighted by Crippen LogP contribution is 2.36. The van der Waals surface area contributed by atoms with Crippen LogP contribution in [0.4, 0.5) is 5.69 Å². The number of aryl methyl sites for hydroxylation is 1. The normalized spacial score (nSPS) is 10.7. The number of nitrogens with two attached hydrogens (primary N) is 1. The molecule has 20 heavy (non-hydrogen) atoms. The minimum absolute atomic E-state index is 0.600. The summed E-state index contributed by atoms with van der Waals surface area (Å²) >= 11 is 3.50. The fourth-order valence-corrected chi connectivity index (χ4v) is 2.63. The third-order valence-electron chi connectivity index (χ3n) is 3.09. The van der Waals surface area contributed by atoms with E-state index >= 15 is 0 Å². The lowest BCUT2D eigenvalue weighted by Crippen LogP contribution is -1.94. The predicted molar refractivity (Wildman–Crippen MR) is 85.1 cm³/mol. The number of rotatable bonds is 2. The molecule has 0 radical (unpaired) electrons. The van der Waals surface area contributed by atoms with Gasteiger partial charge in [-0.25, -0.2) is 0 Å². The Bertz CT molecular complexity index is 787. The minimum Gasteiger partial charge on any atom is -0.454 e. The molecule has 1 aromatic heterocycles. The Morgan fingerprint density at radius 2 is 1.90 bits per heavy atom. The second-order valence-corrected chi connectivity index (χ2v) is 5.44. The molecule has 0 aliphatic heterocycles. The van der Waals surface area contributed by atoms with Crippen LogP contribution in [0.15, 0.2) is 53.1 Å². The summed E-state index contributed by atoms with van der Waals surface area (Å²) in [5, 5.41) is 0.897. The highest BCUT2D eigenvalue weighted by Gasteiger charge is 2.09. The summed E-state index contributed by atoms with van der Waals surface area (Å²) in [6, 6.07) is 13.5. The Labute approximate surface area is 125 Å². The van der Waals surface area contributed by atoms with E-state index in [-0.39, 0.29) is 0 Å². The number of pyridine rings is 1. The summed E-state index contributed by atoms with van der Waals surface area (Å²) in [5.74, 6) is 1.38. The van der Waals surface area contributed by atoms with Gasteiger partial charge in [0.05, 0.1) is 15.7 Å². The number of aromatic nitrogens is 1. The summed E-state index contributed by atoms with van der Waals surface area (Å²) in [6.07, 6.45) is 1.75. The standard InChI is InChI=1S/C16H13BrN2O/c1-10-4-6-14(12(17)9-10)20-15-7-5-13-11(16(15)18)3-2-8-19-13/h2-9H,18H2,1H3. The molecular weight excluding hydrogens is 316 g/mol. The Hall–Kier alpha value is -2.07. The number of ether oxygens (including phenoxy) is 1.